The highest BCUT2D eigenvalue weighted by molar-refractivity contribution is 6.76. The molecule has 0 aliphatic heterocycles. The van der Waals surface area contributed by atoms with E-state index in [4.69, 9.17) is 35.8 Å². The van der Waals surface area contributed by atoms with Crippen LogP contribution in [-0.2, 0) is 21.0 Å². The Kier molecular flexibility index (Phi) is 20.4. The zero-order valence-electron chi connectivity index (χ0n) is 44.8. The molecule has 10 nitrogen and oxygen atoms in total. The van der Waals surface area contributed by atoms with E-state index in [1.807, 2.05) is 130 Å². The highest BCUT2D eigenvalue weighted by atomic mass is 28.3. The van der Waals surface area contributed by atoms with Gasteiger partial charge in [0.05, 0.1) is 23.1 Å². The molecule has 0 saturated carbocycles. The number of carbonyl (C=O) groups is 1. The standard InChI is InChI=1S/C37H47FN2O4Si.C25H26FN3O/c1-8-31(27-13-10-9-11-14-27)35(28-16-19-30(20-17-28)43-22-12-15-34(41)44-37(2,3)4)29-18-21-33-32(25-29)36(38)39-40(33)26-42-23-24-45(5,6)7;1-2-21(17-6-4-3-5-7-17)24(18-8-11-20(12-9-18)30-15-14-27)19-10-13-23(28)22(16-19)25(26)29/h9-11,13-14,16-21,25H,8,12,15,22-24,26H2,1-7H3;3-13,16,29H,2,14-15,27-28H2,1H3/b35-31+;24-21+,29-25?. The molecule has 6 aromatic carbocycles. The van der Waals surface area contributed by atoms with Crippen molar-refractivity contribution in [3.63, 3.8) is 0 Å². The maximum absolute atomic E-state index is 15.2. The normalized spacial score (nSPS) is 12.3. The quantitative estimate of drug-likeness (QED) is 0.0152. The molecular formula is C62H73F2N5O5Si. The van der Waals surface area contributed by atoms with Gasteiger partial charge < -0.3 is 30.4 Å². The minimum Gasteiger partial charge on any atom is -0.494 e. The maximum Gasteiger partial charge on any atom is 0.306 e. The number of fused-ring (bicyclic) bond motifs is 1. The molecule has 0 spiro atoms. The van der Waals surface area contributed by atoms with Crippen LogP contribution in [0.25, 0.3) is 33.2 Å². The van der Waals surface area contributed by atoms with E-state index >= 15 is 4.39 Å². The fourth-order valence-corrected chi connectivity index (χ4v) is 9.35. The average Bonchev–Trinajstić information content (AvgIpc) is 3.70. The Hall–Kier alpha value is -7.19. The summed E-state index contributed by atoms with van der Waals surface area (Å²) in [7, 11) is -1.22. The minimum atomic E-state index is -1.22. The topological polar surface area (TPSA) is 148 Å². The second-order valence-corrected chi connectivity index (χ2v) is 26.0. The number of nitrogens with zero attached hydrogens (tertiary/aromatic N) is 2. The number of rotatable bonds is 22. The molecule has 0 saturated heterocycles. The Morgan fingerprint density at radius 2 is 1.19 bits per heavy atom. The summed E-state index contributed by atoms with van der Waals surface area (Å²) in [5, 5.41) is 12.1. The fraction of sp³-hybridized carbons (Fsp3) is 0.306. The first-order valence-electron chi connectivity index (χ1n) is 25.7. The first-order chi connectivity index (χ1) is 35.9. The van der Waals surface area contributed by atoms with E-state index in [0.717, 1.165) is 86.1 Å². The number of esters is 1. The lowest BCUT2D eigenvalue weighted by molar-refractivity contribution is -0.155. The number of benzene rings is 6. The van der Waals surface area contributed by atoms with Crippen molar-refractivity contribution in [1.29, 1.82) is 5.41 Å². The van der Waals surface area contributed by atoms with Gasteiger partial charge in [-0.05, 0) is 150 Å². The Morgan fingerprint density at radius 1 is 0.680 bits per heavy atom. The number of allylic oxidation sites excluding steroid dienone is 2. The number of nitrogens with two attached hydrogens (primary N) is 2. The molecule has 1 heterocycles. The fourth-order valence-electron chi connectivity index (χ4n) is 8.60. The summed E-state index contributed by atoms with van der Waals surface area (Å²) in [6.07, 6.45) is 2.43. The van der Waals surface area contributed by atoms with E-state index in [-0.39, 0.29) is 24.0 Å². The number of hydrogen-bond acceptors (Lipinski definition) is 9. The van der Waals surface area contributed by atoms with Gasteiger partial charge in [-0.3, -0.25) is 10.2 Å². The SMILES string of the molecule is CC/C(=C(/c1ccc(OCCCC(=O)OC(C)(C)C)cc1)c1ccc2c(c1)c(F)nn2COCC[Si](C)(C)C)c1ccccc1.CC/C(=C(/c1ccc(OCCN)cc1)c1ccc(N)c(C(=N)F)c1)c1ccccc1. The monoisotopic (exact) mass is 1030 g/mol. The van der Waals surface area contributed by atoms with Crippen molar-refractivity contribution in [1.82, 2.24) is 9.78 Å². The Bertz CT molecular complexity index is 3050. The van der Waals surface area contributed by atoms with Crippen LogP contribution in [0.3, 0.4) is 0 Å². The van der Waals surface area contributed by atoms with Gasteiger partial charge in [0.25, 0.3) is 0 Å². The van der Waals surface area contributed by atoms with Crippen LogP contribution < -0.4 is 20.9 Å². The highest BCUT2D eigenvalue weighted by Crippen LogP contribution is 2.38. The molecule has 0 aliphatic rings. The number of carbonyl (C=O) groups excluding carboxylic acids is 1. The lowest BCUT2D eigenvalue weighted by Crippen LogP contribution is -2.23. The smallest absolute Gasteiger partial charge is 0.306 e. The Morgan fingerprint density at radius 3 is 1.68 bits per heavy atom. The second-order valence-electron chi connectivity index (χ2n) is 20.4. The summed E-state index contributed by atoms with van der Waals surface area (Å²) in [5.74, 6) is -0.315. The minimum absolute atomic E-state index is 0.0939. The third-order valence-electron chi connectivity index (χ3n) is 12.2. The first-order valence-corrected chi connectivity index (χ1v) is 29.4. The van der Waals surface area contributed by atoms with Crippen LogP contribution in [0.4, 0.5) is 14.5 Å². The summed E-state index contributed by atoms with van der Waals surface area (Å²) in [4.78, 5) is 12.0. The van der Waals surface area contributed by atoms with E-state index in [2.05, 4.69) is 62.9 Å². The van der Waals surface area contributed by atoms with Gasteiger partial charge in [0.15, 0.2) is 0 Å². The average molecular weight is 1030 g/mol. The predicted molar refractivity (Wildman–Crippen MR) is 306 cm³/mol. The van der Waals surface area contributed by atoms with E-state index in [9.17, 15) is 9.18 Å². The summed E-state index contributed by atoms with van der Waals surface area (Å²) in [5.41, 5.74) is 22.1. The summed E-state index contributed by atoms with van der Waals surface area (Å²) in [6, 6.07) is 48.2. The largest absolute Gasteiger partial charge is 0.494 e. The molecule has 0 amide bonds. The third-order valence-corrected chi connectivity index (χ3v) is 13.9. The van der Waals surface area contributed by atoms with Gasteiger partial charge >= 0.3 is 5.97 Å². The summed E-state index contributed by atoms with van der Waals surface area (Å²) >= 11 is 0. The third kappa shape index (κ3) is 16.4. The zero-order valence-corrected chi connectivity index (χ0v) is 45.8. The van der Waals surface area contributed by atoms with Crippen molar-refractivity contribution in [2.75, 3.05) is 32.1 Å². The number of nitrogens with one attached hydrogen (secondary N) is 1. The van der Waals surface area contributed by atoms with E-state index < -0.39 is 25.6 Å². The number of halogens is 2. The van der Waals surface area contributed by atoms with Gasteiger partial charge in [-0.1, -0.05) is 131 Å². The van der Waals surface area contributed by atoms with E-state index in [0.29, 0.717) is 50.1 Å². The van der Waals surface area contributed by atoms with E-state index in [1.165, 1.54) is 0 Å². The molecule has 0 aliphatic carbocycles. The molecule has 1 aromatic heterocycles. The van der Waals surface area contributed by atoms with Gasteiger partial charge in [-0.25, -0.2) is 4.68 Å². The number of nitrogen functional groups attached to an aromatic ring is 1. The lowest BCUT2D eigenvalue weighted by Gasteiger charge is -2.19. The van der Waals surface area contributed by atoms with Gasteiger partial charge in [0.1, 0.15) is 30.4 Å². The Labute approximate surface area is 442 Å². The zero-order chi connectivity index (χ0) is 54.1. The molecule has 0 bridgehead atoms. The van der Waals surface area contributed by atoms with Crippen molar-refractivity contribution in [3.8, 4) is 11.5 Å². The van der Waals surface area contributed by atoms with E-state index in [1.54, 1.807) is 16.8 Å². The van der Waals surface area contributed by atoms with Gasteiger partial charge in [0.2, 0.25) is 11.9 Å². The van der Waals surface area contributed by atoms with Crippen molar-refractivity contribution in [3.05, 3.63) is 190 Å². The molecule has 13 heteroatoms. The van der Waals surface area contributed by atoms with Crippen LogP contribution >= 0.6 is 0 Å². The van der Waals surface area contributed by atoms with Crippen LogP contribution in [0.1, 0.15) is 99.2 Å². The van der Waals surface area contributed by atoms with Gasteiger partial charge in [-0.15, -0.1) is 5.10 Å². The van der Waals surface area contributed by atoms with Crippen LogP contribution in [0.15, 0.2) is 146 Å². The number of aromatic nitrogens is 2. The molecule has 0 fully saturated rings. The molecule has 394 valence electrons. The van der Waals surface area contributed by atoms with Crippen molar-refractivity contribution in [2.45, 2.75) is 98.3 Å². The van der Waals surface area contributed by atoms with Crippen molar-refractivity contribution >= 4 is 58.9 Å². The Balaban J connectivity index is 0.000000264. The second kappa shape index (κ2) is 26.8. The number of hydrogen-bond donors (Lipinski definition) is 3. The molecule has 7 aromatic rings. The molecule has 75 heavy (non-hydrogen) atoms. The lowest BCUT2D eigenvalue weighted by atomic mass is 9.87. The van der Waals surface area contributed by atoms with Crippen molar-refractivity contribution < 1.29 is 32.5 Å². The molecule has 5 N–H and O–H groups in total. The molecular weight excluding hydrogens is 961 g/mol. The number of ether oxygens (including phenoxy) is 4. The highest BCUT2D eigenvalue weighted by Gasteiger charge is 2.20. The van der Waals surface area contributed by atoms with Crippen LogP contribution in [0.2, 0.25) is 25.7 Å². The van der Waals surface area contributed by atoms with Gasteiger partial charge in [-0.2, -0.15) is 8.78 Å². The van der Waals surface area contributed by atoms with Crippen LogP contribution in [-0.4, -0.2) is 61.8 Å². The number of anilines is 1. The molecule has 0 atom stereocenters. The van der Waals surface area contributed by atoms with Crippen molar-refractivity contribution in [2.24, 2.45) is 5.73 Å². The van der Waals surface area contributed by atoms with Gasteiger partial charge in [0, 0.05) is 33.3 Å². The molecule has 0 radical (unpaired) electrons. The maximum atomic E-state index is 15.2. The predicted octanol–water partition coefficient (Wildman–Crippen LogP) is 14.6. The first kappa shape index (κ1) is 57.1. The van der Waals surface area contributed by atoms with Crippen LogP contribution in [0.5, 0.6) is 11.5 Å². The summed E-state index contributed by atoms with van der Waals surface area (Å²) < 4.78 is 53.4. The summed E-state index contributed by atoms with van der Waals surface area (Å²) in [6.45, 7) is 18.9. The molecule has 0 unspecified atom stereocenters. The molecule has 7 rings (SSSR count). The van der Waals surface area contributed by atoms with Crippen LogP contribution in [0, 0.1) is 11.4 Å².